The minimum absolute atomic E-state index is 0.692. The number of hydrogen-bond acceptors (Lipinski definition) is 1. The second kappa shape index (κ2) is 4.97. The molecule has 0 aromatic heterocycles. The Bertz CT molecular complexity index is 229. The Kier molecular flexibility index (Phi) is 4.86. The van der Waals surface area contributed by atoms with Crippen molar-refractivity contribution < 1.29 is 5.11 Å². The van der Waals surface area contributed by atoms with Crippen LogP contribution in [0, 0.1) is 0 Å². The van der Waals surface area contributed by atoms with E-state index in [9.17, 15) is 5.11 Å². The third-order valence-electron chi connectivity index (χ3n) is 2.48. The Balaban J connectivity index is 4.78. The van der Waals surface area contributed by atoms with Crippen LogP contribution in [0.2, 0.25) is 19.6 Å². The van der Waals surface area contributed by atoms with Crippen LogP contribution in [0.25, 0.3) is 0 Å². The Labute approximate surface area is 89.5 Å². The molecule has 0 saturated carbocycles. The second-order valence-corrected chi connectivity index (χ2v) is 10.2. The molecular weight excluding hydrogens is 188 g/mol. The largest absolute Gasteiger partial charge is 0.386 e. The van der Waals surface area contributed by atoms with Gasteiger partial charge in [0.05, 0.1) is 13.7 Å². The van der Waals surface area contributed by atoms with Gasteiger partial charge in [0.2, 0.25) is 0 Å². The molecule has 0 aliphatic rings. The van der Waals surface area contributed by atoms with E-state index < -0.39 is 13.7 Å². The lowest BCUT2D eigenvalue weighted by Gasteiger charge is -2.32. The van der Waals surface area contributed by atoms with Crippen molar-refractivity contribution in [2.75, 3.05) is 0 Å². The zero-order valence-corrected chi connectivity index (χ0v) is 11.3. The maximum absolute atomic E-state index is 10.3. The second-order valence-electron chi connectivity index (χ2n) is 5.18. The van der Waals surface area contributed by atoms with Gasteiger partial charge in [-0.3, -0.25) is 0 Å². The average Bonchev–Trinajstić information content (AvgIpc) is 1.98. The monoisotopic (exact) mass is 212 g/mol. The van der Waals surface area contributed by atoms with Gasteiger partial charge in [0.25, 0.3) is 0 Å². The van der Waals surface area contributed by atoms with Crippen molar-refractivity contribution in [3.8, 4) is 0 Å². The first kappa shape index (κ1) is 13.7. The van der Waals surface area contributed by atoms with E-state index in [-0.39, 0.29) is 0 Å². The van der Waals surface area contributed by atoms with Crippen molar-refractivity contribution in [2.24, 2.45) is 0 Å². The lowest BCUT2D eigenvalue weighted by Crippen LogP contribution is -2.40. The standard InChI is InChI=1S/C12H24OSi/c1-7-9-10-12(3,13)11(8-2)14(4,5)6/h13H,2,7,9-10H2,1,3-6H3/t12-/m0/s1. The van der Waals surface area contributed by atoms with Crippen molar-refractivity contribution in [3.63, 3.8) is 0 Å². The summed E-state index contributed by atoms with van der Waals surface area (Å²) in [6, 6.07) is 0. The van der Waals surface area contributed by atoms with Crippen LogP contribution in [0.4, 0.5) is 0 Å². The predicted octanol–water partition coefficient (Wildman–Crippen LogP) is 3.52. The Morgan fingerprint density at radius 1 is 1.43 bits per heavy atom. The number of unbranched alkanes of at least 4 members (excludes halogenated alkanes) is 1. The maximum atomic E-state index is 10.3. The summed E-state index contributed by atoms with van der Waals surface area (Å²) in [5.41, 5.74) is 2.28. The molecule has 1 nitrogen and oxygen atoms in total. The number of rotatable bonds is 5. The highest BCUT2D eigenvalue weighted by Crippen LogP contribution is 2.29. The highest BCUT2D eigenvalue weighted by Gasteiger charge is 2.34. The fraction of sp³-hybridized carbons (Fsp3) is 0.750. The van der Waals surface area contributed by atoms with Gasteiger partial charge >= 0.3 is 0 Å². The molecule has 0 bridgehead atoms. The molecule has 0 aromatic rings. The summed E-state index contributed by atoms with van der Waals surface area (Å²) in [5.74, 6) is 0. The molecule has 0 rings (SSSR count). The summed E-state index contributed by atoms with van der Waals surface area (Å²) < 4.78 is 0. The Hall–Kier alpha value is -0.303. The van der Waals surface area contributed by atoms with Gasteiger partial charge < -0.3 is 5.11 Å². The highest BCUT2D eigenvalue weighted by molar-refractivity contribution is 6.83. The van der Waals surface area contributed by atoms with Crippen LogP contribution in [-0.4, -0.2) is 18.8 Å². The van der Waals surface area contributed by atoms with Crippen molar-refractivity contribution >= 4 is 8.07 Å². The van der Waals surface area contributed by atoms with E-state index in [1.54, 1.807) is 0 Å². The van der Waals surface area contributed by atoms with Gasteiger partial charge in [-0.05, 0) is 18.5 Å². The highest BCUT2D eigenvalue weighted by atomic mass is 28.3. The summed E-state index contributed by atoms with van der Waals surface area (Å²) in [7, 11) is -1.48. The molecule has 0 aliphatic carbocycles. The van der Waals surface area contributed by atoms with E-state index >= 15 is 0 Å². The first-order valence-corrected chi connectivity index (χ1v) is 8.89. The molecule has 0 spiro atoms. The van der Waals surface area contributed by atoms with Crippen LogP contribution in [0.5, 0.6) is 0 Å². The van der Waals surface area contributed by atoms with Gasteiger partial charge in [-0.2, -0.15) is 0 Å². The molecule has 1 N–H and O–H groups in total. The molecular formula is C12H24OSi. The fourth-order valence-electron chi connectivity index (χ4n) is 1.91. The third kappa shape index (κ3) is 3.83. The van der Waals surface area contributed by atoms with Crippen LogP contribution >= 0.6 is 0 Å². The summed E-state index contributed by atoms with van der Waals surface area (Å²) in [4.78, 5) is 0. The smallest absolute Gasteiger partial charge is 0.0865 e. The van der Waals surface area contributed by atoms with E-state index in [2.05, 4.69) is 38.9 Å². The molecule has 82 valence electrons. The number of aliphatic hydroxyl groups is 1. The lowest BCUT2D eigenvalue weighted by atomic mass is 9.99. The van der Waals surface area contributed by atoms with Crippen LogP contribution in [0.3, 0.4) is 0 Å². The van der Waals surface area contributed by atoms with Crippen molar-refractivity contribution in [3.05, 3.63) is 17.5 Å². The van der Waals surface area contributed by atoms with Crippen molar-refractivity contribution in [2.45, 2.75) is 58.4 Å². The summed E-state index contributed by atoms with van der Waals surface area (Å²) in [6.45, 7) is 14.4. The molecule has 2 heteroatoms. The van der Waals surface area contributed by atoms with Crippen molar-refractivity contribution in [1.29, 1.82) is 0 Å². The summed E-state index contributed by atoms with van der Waals surface area (Å²) >= 11 is 0. The quantitative estimate of drug-likeness (QED) is 0.546. The minimum atomic E-state index is -1.48. The first-order valence-electron chi connectivity index (χ1n) is 5.39. The van der Waals surface area contributed by atoms with Crippen molar-refractivity contribution in [1.82, 2.24) is 0 Å². The maximum Gasteiger partial charge on any atom is 0.0865 e. The van der Waals surface area contributed by atoms with Gasteiger partial charge in [0.1, 0.15) is 0 Å². The van der Waals surface area contributed by atoms with Gasteiger partial charge in [0, 0.05) is 0 Å². The van der Waals surface area contributed by atoms with Crippen LogP contribution < -0.4 is 0 Å². The van der Waals surface area contributed by atoms with E-state index in [0.717, 1.165) is 24.5 Å². The van der Waals surface area contributed by atoms with Gasteiger partial charge in [-0.25, -0.2) is 0 Å². The lowest BCUT2D eigenvalue weighted by molar-refractivity contribution is 0.0931. The molecule has 1 atom stereocenters. The van der Waals surface area contributed by atoms with E-state index in [1.165, 1.54) is 0 Å². The van der Waals surface area contributed by atoms with E-state index in [1.807, 2.05) is 6.92 Å². The zero-order chi connectivity index (χ0) is 11.4. The predicted molar refractivity (Wildman–Crippen MR) is 66.1 cm³/mol. The fourth-order valence-corrected chi connectivity index (χ4v) is 4.18. The normalized spacial score (nSPS) is 15.9. The molecule has 0 fully saturated rings. The molecule has 0 saturated heterocycles. The Morgan fingerprint density at radius 2 is 1.93 bits per heavy atom. The molecule has 0 radical (unpaired) electrons. The molecule has 0 amide bonds. The molecule has 14 heavy (non-hydrogen) atoms. The minimum Gasteiger partial charge on any atom is -0.386 e. The molecule has 0 unspecified atom stereocenters. The molecule has 0 heterocycles. The van der Waals surface area contributed by atoms with Gasteiger partial charge in [-0.1, -0.05) is 46.0 Å². The van der Waals surface area contributed by atoms with Crippen LogP contribution in [0.1, 0.15) is 33.1 Å². The topological polar surface area (TPSA) is 20.2 Å². The molecule has 0 aliphatic heterocycles. The summed E-state index contributed by atoms with van der Waals surface area (Å²) in [5, 5.41) is 11.4. The molecule has 0 aromatic carbocycles. The summed E-state index contributed by atoms with van der Waals surface area (Å²) in [6.07, 6.45) is 3.00. The Morgan fingerprint density at radius 3 is 2.21 bits per heavy atom. The van der Waals surface area contributed by atoms with Gasteiger partial charge in [-0.15, -0.1) is 5.73 Å². The van der Waals surface area contributed by atoms with Crippen LogP contribution in [0.15, 0.2) is 17.5 Å². The van der Waals surface area contributed by atoms with E-state index in [0.29, 0.717) is 0 Å². The average molecular weight is 212 g/mol. The van der Waals surface area contributed by atoms with Crippen LogP contribution in [-0.2, 0) is 0 Å². The third-order valence-corrected chi connectivity index (χ3v) is 4.70. The SMILES string of the molecule is C=C=C([C@@](C)(O)CCCC)[Si](C)(C)C. The van der Waals surface area contributed by atoms with Gasteiger partial charge in [0.15, 0.2) is 0 Å². The zero-order valence-electron chi connectivity index (χ0n) is 10.3. The number of hydrogen-bond donors (Lipinski definition) is 1. The van der Waals surface area contributed by atoms with E-state index in [4.69, 9.17) is 0 Å². The first-order chi connectivity index (χ1) is 6.25.